The molecule has 1 aromatic carbocycles. The number of halogens is 1. The highest BCUT2D eigenvalue weighted by molar-refractivity contribution is 7.94. The maximum atomic E-state index is 13.9. The third-order valence-electron chi connectivity index (χ3n) is 7.65. The number of fused-ring (bicyclic) bond motifs is 4. The summed E-state index contributed by atoms with van der Waals surface area (Å²) in [7, 11) is -3.66. The predicted octanol–water partition coefficient (Wildman–Crippen LogP) is 1.94. The molecule has 4 fully saturated rings. The molecular weight excluding hydrogens is 447 g/mol. The van der Waals surface area contributed by atoms with Crippen LogP contribution >= 0.6 is 0 Å². The van der Waals surface area contributed by atoms with Crippen LogP contribution in [0.5, 0.6) is 0 Å². The molecule has 0 aromatic heterocycles. The van der Waals surface area contributed by atoms with Gasteiger partial charge in [0.15, 0.2) is 5.75 Å². The number of rotatable bonds is 3. The molecule has 0 radical (unpaired) electrons. The third-order valence-corrected chi connectivity index (χ3v) is 9.48. The average Bonchev–Trinajstić information content (AvgIpc) is 2.81. The Morgan fingerprint density at radius 1 is 1.09 bits per heavy atom. The van der Waals surface area contributed by atoms with Crippen molar-refractivity contribution in [1.82, 2.24) is 19.0 Å². The lowest BCUT2D eigenvalue weighted by Crippen LogP contribution is -2.63. The van der Waals surface area contributed by atoms with Crippen molar-refractivity contribution in [1.29, 1.82) is 0 Å². The Morgan fingerprint density at radius 2 is 1.85 bits per heavy atom. The number of amides is 3. The molecule has 5 rings (SSSR count). The van der Waals surface area contributed by atoms with Crippen LogP contribution in [-0.4, -0.2) is 87.4 Å². The summed E-state index contributed by atoms with van der Waals surface area (Å²) in [4.78, 5) is 31.3. The van der Waals surface area contributed by atoms with Crippen LogP contribution < -0.4 is 0 Å². The fourth-order valence-electron chi connectivity index (χ4n) is 6.03. The zero-order valence-electron chi connectivity index (χ0n) is 18.7. The van der Waals surface area contributed by atoms with Crippen LogP contribution in [0.3, 0.4) is 0 Å². The number of carbonyl (C=O) groups excluding carboxylic acids is 2. The van der Waals surface area contributed by atoms with E-state index in [1.54, 1.807) is 11.0 Å². The van der Waals surface area contributed by atoms with E-state index in [4.69, 9.17) is 0 Å². The van der Waals surface area contributed by atoms with Crippen molar-refractivity contribution in [2.45, 2.75) is 37.5 Å². The molecule has 0 aliphatic carbocycles. The van der Waals surface area contributed by atoms with Crippen LogP contribution in [0.2, 0.25) is 0 Å². The Kier molecular flexibility index (Phi) is 6.17. The number of sulfonamides is 1. The molecule has 3 amide bonds. The second kappa shape index (κ2) is 8.96. The van der Waals surface area contributed by atoms with Gasteiger partial charge in [0, 0.05) is 50.7 Å². The van der Waals surface area contributed by atoms with E-state index in [1.807, 2.05) is 4.90 Å². The summed E-state index contributed by atoms with van der Waals surface area (Å²) in [5.74, 6) is -0.00141. The van der Waals surface area contributed by atoms with Gasteiger partial charge in [-0.25, -0.2) is 9.18 Å². The minimum Gasteiger partial charge on any atom is -0.597 e. The predicted molar refractivity (Wildman–Crippen MR) is 120 cm³/mol. The minimum atomic E-state index is -3.66. The number of carbonyl (C=O) groups is 2. The van der Waals surface area contributed by atoms with Crippen molar-refractivity contribution in [3.63, 3.8) is 0 Å². The molecule has 180 valence electrons. The molecule has 0 spiro atoms. The lowest BCUT2D eigenvalue weighted by Gasteiger charge is -2.53. The van der Waals surface area contributed by atoms with Crippen molar-refractivity contribution in [3.05, 3.63) is 35.6 Å². The van der Waals surface area contributed by atoms with Crippen molar-refractivity contribution in [2.75, 3.05) is 45.8 Å². The van der Waals surface area contributed by atoms with Crippen molar-refractivity contribution in [3.8, 4) is 0 Å². The van der Waals surface area contributed by atoms with Crippen molar-refractivity contribution < 1.29 is 22.7 Å². The zero-order valence-corrected chi connectivity index (χ0v) is 19.6. The number of hydrogen-bond donors (Lipinski definition) is 0. The normalized spacial score (nSPS) is 30.1. The fourth-order valence-corrected chi connectivity index (χ4v) is 7.56. The Balaban J connectivity index is 1.18. The quantitative estimate of drug-likeness (QED) is 0.622. The first-order valence-electron chi connectivity index (χ1n) is 11.9. The number of likely N-dealkylation sites (tertiary alicyclic amines) is 1. The van der Waals surface area contributed by atoms with Gasteiger partial charge in [-0.3, -0.25) is 4.79 Å². The van der Waals surface area contributed by atoms with E-state index < -0.39 is 16.2 Å². The molecule has 4 aliphatic heterocycles. The number of urea groups is 1. The summed E-state index contributed by atoms with van der Waals surface area (Å²) in [6.45, 7) is 3.14. The second-order valence-electron chi connectivity index (χ2n) is 9.79. The van der Waals surface area contributed by atoms with E-state index in [2.05, 4.69) is 4.90 Å². The van der Waals surface area contributed by atoms with Gasteiger partial charge >= 0.3 is 6.03 Å². The molecule has 4 atom stereocenters. The molecule has 33 heavy (non-hydrogen) atoms. The Morgan fingerprint density at radius 3 is 2.61 bits per heavy atom. The van der Waals surface area contributed by atoms with Crippen molar-refractivity contribution >= 4 is 22.3 Å². The molecule has 4 heterocycles. The van der Waals surface area contributed by atoms with Crippen LogP contribution in [-0.2, 0) is 25.2 Å². The van der Waals surface area contributed by atoms with Gasteiger partial charge in [-0.05, 0) is 37.2 Å². The van der Waals surface area contributed by atoms with Gasteiger partial charge in [0.1, 0.15) is 16.2 Å². The highest BCUT2D eigenvalue weighted by atomic mass is 32.3. The summed E-state index contributed by atoms with van der Waals surface area (Å²) in [5.41, 5.74) is 0.158. The highest BCUT2D eigenvalue weighted by Gasteiger charge is 2.45. The SMILES string of the molecule is O=C(N1CCN([S+](=O)([O-])Cc2ccccc2F)CC1)N1CC2CC(C1)[C@H]1CCCC(=O)N1C2. The molecule has 0 N–H and O–H groups in total. The van der Waals surface area contributed by atoms with Gasteiger partial charge in [-0.15, -0.1) is 4.31 Å². The standard InChI is InChI=1S/C23H31FN4O4S/c24-20-5-2-1-4-18(20)16-33(31,32)27-10-8-25(9-11-27)23(30)26-13-17-12-19(15-26)21-6-3-7-22(29)28(21)14-17/h1-2,4-5,17,19,21H,3,6-16H2/t17?,19?,21-/m1/s1. The summed E-state index contributed by atoms with van der Waals surface area (Å²) >= 11 is 0. The molecule has 4 saturated heterocycles. The first kappa shape index (κ1) is 22.7. The third kappa shape index (κ3) is 4.52. The summed E-state index contributed by atoms with van der Waals surface area (Å²) in [6, 6.07) is 6.12. The number of nitrogens with zero attached hydrogens (tertiary/aromatic N) is 4. The summed E-state index contributed by atoms with van der Waals surface area (Å²) < 4.78 is 40.9. The number of benzene rings is 1. The smallest absolute Gasteiger partial charge is 0.320 e. The first-order chi connectivity index (χ1) is 15.8. The van der Waals surface area contributed by atoms with Gasteiger partial charge in [-0.1, -0.05) is 22.4 Å². The topological polar surface area (TPSA) is 87.2 Å². The van der Waals surface area contributed by atoms with Crippen LogP contribution in [0.4, 0.5) is 9.18 Å². The van der Waals surface area contributed by atoms with E-state index >= 15 is 0 Å². The lowest BCUT2D eigenvalue weighted by molar-refractivity contribution is -0.144. The van der Waals surface area contributed by atoms with E-state index in [1.165, 1.54) is 22.5 Å². The number of hydrogen-bond acceptors (Lipinski definition) is 4. The molecular formula is C23H31FN4O4S. The largest absolute Gasteiger partial charge is 0.597 e. The second-order valence-corrected chi connectivity index (χ2v) is 11.8. The van der Waals surface area contributed by atoms with Crippen LogP contribution in [0.25, 0.3) is 0 Å². The van der Waals surface area contributed by atoms with Gasteiger partial charge in [-0.2, -0.15) is 0 Å². The lowest BCUT2D eigenvalue weighted by atomic mass is 9.76. The molecule has 8 nitrogen and oxygen atoms in total. The molecule has 4 aliphatic rings. The molecule has 1 aromatic rings. The van der Waals surface area contributed by atoms with Gasteiger partial charge in [0.05, 0.1) is 13.1 Å². The Labute approximate surface area is 195 Å². The molecule has 10 heteroatoms. The van der Waals surface area contributed by atoms with E-state index in [-0.39, 0.29) is 42.4 Å². The molecule has 2 bridgehead atoms. The van der Waals surface area contributed by atoms with Crippen LogP contribution in [0.15, 0.2) is 24.3 Å². The highest BCUT2D eigenvalue weighted by Crippen LogP contribution is 2.38. The minimum absolute atomic E-state index is 0.0357. The first-order valence-corrected chi connectivity index (χ1v) is 13.5. The average molecular weight is 479 g/mol. The van der Waals surface area contributed by atoms with Gasteiger partial charge in [0.2, 0.25) is 5.91 Å². The number of piperidine rings is 3. The summed E-state index contributed by atoms with van der Waals surface area (Å²) in [5, 5.41) is 0. The van der Waals surface area contributed by atoms with Crippen LogP contribution in [0, 0.1) is 17.7 Å². The van der Waals surface area contributed by atoms with Crippen molar-refractivity contribution in [2.24, 2.45) is 11.8 Å². The maximum absolute atomic E-state index is 13.9. The molecule has 0 saturated carbocycles. The summed E-state index contributed by atoms with van der Waals surface area (Å²) in [6.07, 6.45) is 3.66. The number of piperazine rings is 1. The van der Waals surface area contributed by atoms with Gasteiger partial charge < -0.3 is 19.3 Å². The Bertz CT molecular complexity index is 970. The van der Waals surface area contributed by atoms with E-state index in [0.29, 0.717) is 44.4 Å². The maximum Gasteiger partial charge on any atom is 0.320 e. The zero-order chi connectivity index (χ0) is 23.2. The Hall–Kier alpha value is -2.04. The monoisotopic (exact) mass is 478 g/mol. The fraction of sp³-hybridized carbons (Fsp3) is 0.652. The molecule has 3 unspecified atom stereocenters. The van der Waals surface area contributed by atoms with Gasteiger partial charge in [0.25, 0.3) is 0 Å². The van der Waals surface area contributed by atoms with E-state index in [0.717, 1.165) is 25.8 Å². The van der Waals surface area contributed by atoms with E-state index in [9.17, 15) is 22.7 Å². The van der Waals surface area contributed by atoms with Crippen LogP contribution in [0.1, 0.15) is 31.2 Å².